The van der Waals surface area contributed by atoms with E-state index in [0.717, 1.165) is 6.42 Å². The average Bonchev–Trinajstić information content (AvgIpc) is 2.84. The van der Waals surface area contributed by atoms with Crippen LogP contribution in [-0.4, -0.2) is 52.2 Å². The number of carboxylic acids is 1. The van der Waals surface area contributed by atoms with Gasteiger partial charge in [0.15, 0.2) is 11.5 Å². The zero-order valence-corrected chi connectivity index (χ0v) is 25.8. The summed E-state index contributed by atoms with van der Waals surface area (Å²) in [7, 11) is 0. The quantitative estimate of drug-likeness (QED) is 0.138. The molecule has 0 aromatic heterocycles. The molecule has 0 saturated carbocycles. The second-order valence-corrected chi connectivity index (χ2v) is 11.7. The SMILES string of the molecule is CCCC(C)C(=O)O[C@@H](C)CC(N)(Cc1ccc(OC(=O)OC(C)(C)CC)c(OC(=O)OC(C)(C)CC)c1)C(=O)O. The Morgan fingerprint density at radius 3 is 1.85 bits per heavy atom. The Bertz CT molecular complexity index is 1070. The lowest BCUT2D eigenvalue weighted by molar-refractivity contribution is -0.156. The van der Waals surface area contributed by atoms with E-state index in [4.69, 9.17) is 29.4 Å². The molecule has 1 rings (SSSR count). The number of benzene rings is 1. The van der Waals surface area contributed by atoms with Crippen molar-refractivity contribution in [2.75, 3.05) is 0 Å². The standard InChI is InChI=1S/C30H47NO10/c1-10-13-19(4)24(32)37-20(5)17-30(31,25(33)34)18-21-14-15-22(38-26(35)40-28(6,7)11-2)23(16-21)39-27(36)41-29(8,9)12-3/h14-16,19-20H,10-13,17-18,31H2,1-9H3,(H,33,34)/t19?,20-,30?/m0/s1. The number of aliphatic carboxylic acids is 1. The molecule has 0 aliphatic carbocycles. The average molecular weight is 582 g/mol. The first-order chi connectivity index (χ1) is 18.9. The molecular formula is C30H47NO10. The third-order valence-corrected chi connectivity index (χ3v) is 6.86. The Morgan fingerprint density at radius 1 is 0.878 bits per heavy atom. The summed E-state index contributed by atoms with van der Waals surface area (Å²) in [5.74, 6) is -2.37. The third kappa shape index (κ3) is 12.0. The number of hydrogen-bond acceptors (Lipinski definition) is 10. The molecule has 0 radical (unpaired) electrons. The van der Waals surface area contributed by atoms with Crippen LogP contribution in [0.4, 0.5) is 9.59 Å². The third-order valence-electron chi connectivity index (χ3n) is 6.86. The second kappa shape index (κ2) is 15.0. The van der Waals surface area contributed by atoms with E-state index in [0.29, 0.717) is 24.8 Å². The Labute approximate surface area is 243 Å². The molecule has 0 fully saturated rings. The summed E-state index contributed by atoms with van der Waals surface area (Å²) < 4.78 is 26.8. The monoisotopic (exact) mass is 581 g/mol. The first kappa shape index (κ1) is 35.7. The lowest BCUT2D eigenvalue weighted by Crippen LogP contribution is -2.52. The number of carbonyl (C=O) groups excluding carboxylic acids is 3. The number of esters is 1. The van der Waals surface area contributed by atoms with Crippen molar-refractivity contribution in [3.05, 3.63) is 23.8 Å². The Morgan fingerprint density at radius 2 is 1.39 bits per heavy atom. The van der Waals surface area contributed by atoms with Crippen molar-refractivity contribution >= 4 is 24.2 Å². The highest BCUT2D eigenvalue weighted by atomic mass is 16.8. The van der Waals surface area contributed by atoms with Crippen LogP contribution >= 0.6 is 0 Å². The van der Waals surface area contributed by atoms with Gasteiger partial charge in [0.25, 0.3) is 0 Å². The first-order valence-corrected chi connectivity index (χ1v) is 14.0. The van der Waals surface area contributed by atoms with Gasteiger partial charge in [-0.2, -0.15) is 0 Å². The molecule has 2 unspecified atom stereocenters. The van der Waals surface area contributed by atoms with Gasteiger partial charge in [0.05, 0.1) is 5.92 Å². The van der Waals surface area contributed by atoms with Crippen LogP contribution in [0.25, 0.3) is 0 Å². The summed E-state index contributed by atoms with van der Waals surface area (Å²) in [6, 6.07) is 4.19. The van der Waals surface area contributed by atoms with Crippen LogP contribution in [0.5, 0.6) is 11.5 Å². The predicted molar refractivity (Wildman–Crippen MR) is 152 cm³/mol. The summed E-state index contributed by atoms with van der Waals surface area (Å²) in [5, 5.41) is 9.99. The molecule has 3 atom stereocenters. The van der Waals surface area contributed by atoms with Gasteiger partial charge in [-0.25, -0.2) is 9.59 Å². The molecule has 41 heavy (non-hydrogen) atoms. The largest absolute Gasteiger partial charge is 0.514 e. The van der Waals surface area contributed by atoms with E-state index >= 15 is 0 Å². The van der Waals surface area contributed by atoms with E-state index in [1.807, 2.05) is 20.8 Å². The van der Waals surface area contributed by atoms with Crippen molar-refractivity contribution in [2.45, 2.75) is 124 Å². The Kier molecular flexibility index (Phi) is 13.1. The molecule has 0 amide bonds. The molecule has 3 N–H and O–H groups in total. The second-order valence-electron chi connectivity index (χ2n) is 11.7. The molecule has 0 saturated heterocycles. The zero-order chi connectivity index (χ0) is 31.6. The Balaban J connectivity index is 3.28. The van der Waals surface area contributed by atoms with Crippen molar-refractivity contribution in [2.24, 2.45) is 11.7 Å². The molecule has 0 spiro atoms. The number of carboxylic acid groups (broad SMARTS) is 1. The van der Waals surface area contributed by atoms with Crippen LogP contribution in [0.15, 0.2) is 18.2 Å². The summed E-state index contributed by atoms with van der Waals surface area (Å²) in [6.45, 7) is 15.8. The maximum absolute atomic E-state index is 12.6. The van der Waals surface area contributed by atoms with Crippen molar-refractivity contribution in [1.82, 2.24) is 0 Å². The molecule has 11 heteroatoms. The minimum atomic E-state index is -1.83. The molecule has 1 aromatic carbocycles. The fourth-order valence-corrected chi connectivity index (χ4v) is 3.66. The minimum absolute atomic E-state index is 0.137. The number of carbonyl (C=O) groups is 4. The van der Waals surface area contributed by atoms with E-state index in [1.165, 1.54) is 18.2 Å². The smallest absolute Gasteiger partial charge is 0.480 e. The summed E-state index contributed by atoms with van der Waals surface area (Å²) in [4.78, 5) is 49.6. The maximum atomic E-state index is 12.6. The van der Waals surface area contributed by atoms with Crippen LogP contribution in [0.2, 0.25) is 0 Å². The van der Waals surface area contributed by atoms with Crippen molar-refractivity contribution < 1.29 is 48.0 Å². The molecule has 0 aliphatic heterocycles. The topological polar surface area (TPSA) is 161 Å². The van der Waals surface area contributed by atoms with E-state index in [-0.39, 0.29) is 30.3 Å². The van der Waals surface area contributed by atoms with Gasteiger partial charge >= 0.3 is 24.2 Å². The van der Waals surface area contributed by atoms with Crippen molar-refractivity contribution in [3.63, 3.8) is 0 Å². The van der Waals surface area contributed by atoms with Gasteiger partial charge in [0.2, 0.25) is 0 Å². The maximum Gasteiger partial charge on any atom is 0.514 e. The molecule has 1 aromatic rings. The van der Waals surface area contributed by atoms with E-state index in [9.17, 15) is 24.3 Å². The summed E-state index contributed by atoms with van der Waals surface area (Å²) >= 11 is 0. The van der Waals surface area contributed by atoms with E-state index in [2.05, 4.69) is 0 Å². The van der Waals surface area contributed by atoms with Crippen LogP contribution < -0.4 is 15.2 Å². The molecular weight excluding hydrogens is 534 g/mol. The van der Waals surface area contributed by atoms with Gasteiger partial charge in [-0.05, 0) is 71.6 Å². The first-order valence-electron chi connectivity index (χ1n) is 14.0. The van der Waals surface area contributed by atoms with Gasteiger partial charge < -0.3 is 34.5 Å². The minimum Gasteiger partial charge on any atom is -0.480 e. The summed E-state index contributed by atoms with van der Waals surface area (Å²) in [6.07, 6.45) is -0.715. The van der Waals surface area contributed by atoms with Gasteiger partial charge in [0.1, 0.15) is 22.8 Å². The van der Waals surface area contributed by atoms with Gasteiger partial charge in [-0.3, -0.25) is 9.59 Å². The van der Waals surface area contributed by atoms with E-state index < -0.39 is 47.1 Å². The fraction of sp³-hybridized carbons (Fsp3) is 0.667. The number of ether oxygens (including phenoxy) is 5. The van der Waals surface area contributed by atoms with Crippen LogP contribution in [0.3, 0.4) is 0 Å². The number of nitrogens with two attached hydrogens (primary N) is 1. The van der Waals surface area contributed by atoms with Gasteiger partial charge in [-0.1, -0.05) is 40.2 Å². The van der Waals surface area contributed by atoms with Gasteiger partial charge in [-0.15, -0.1) is 0 Å². The highest BCUT2D eigenvalue weighted by molar-refractivity contribution is 5.79. The highest BCUT2D eigenvalue weighted by Crippen LogP contribution is 2.32. The van der Waals surface area contributed by atoms with Crippen LogP contribution in [-0.2, 0) is 30.2 Å². The zero-order valence-electron chi connectivity index (χ0n) is 25.8. The van der Waals surface area contributed by atoms with Crippen LogP contribution in [0.1, 0.15) is 100.0 Å². The Hall–Kier alpha value is -3.34. The number of rotatable bonds is 15. The van der Waals surface area contributed by atoms with Crippen molar-refractivity contribution in [3.8, 4) is 11.5 Å². The number of hydrogen-bond donors (Lipinski definition) is 2. The van der Waals surface area contributed by atoms with E-state index in [1.54, 1.807) is 41.5 Å². The van der Waals surface area contributed by atoms with Gasteiger partial charge in [0, 0.05) is 12.8 Å². The molecule has 0 heterocycles. The predicted octanol–water partition coefficient (Wildman–Crippen LogP) is 6.18. The lowest BCUT2D eigenvalue weighted by Gasteiger charge is -2.29. The lowest BCUT2D eigenvalue weighted by atomic mass is 9.86. The molecule has 232 valence electrons. The van der Waals surface area contributed by atoms with Crippen LogP contribution in [0, 0.1) is 5.92 Å². The normalized spacial score (nSPS) is 14.7. The molecule has 11 nitrogen and oxygen atoms in total. The fourth-order valence-electron chi connectivity index (χ4n) is 3.66. The molecule has 0 bridgehead atoms. The summed E-state index contributed by atoms with van der Waals surface area (Å²) in [5.41, 5.74) is 3.23. The highest BCUT2D eigenvalue weighted by Gasteiger charge is 2.38. The van der Waals surface area contributed by atoms with Crippen molar-refractivity contribution in [1.29, 1.82) is 0 Å². The molecule has 0 aliphatic rings.